The van der Waals surface area contributed by atoms with E-state index in [9.17, 15) is 4.39 Å². The van der Waals surface area contributed by atoms with E-state index < -0.39 is 0 Å². The van der Waals surface area contributed by atoms with Gasteiger partial charge < -0.3 is 9.64 Å². The topological polar surface area (TPSA) is 15.7 Å². The lowest BCUT2D eigenvalue weighted by atomic mass is 10.1. The van der Waals surface area contributed by atoms with Gasteiger partial charge >= 0.3 is 0 Å². The van der Waals surface area contributed by atoms with Gasteiger partial charge in [-0.15, -0.1) is 0 Å². The van der Waals surface area contributed by atoms with Gasteiger partial charge in [-0.1, -0.05) is 30.3 Å². The standard InChI is InChI=1S/C19H23FN2O/c1-23-19(16-5-3-2-4-6-16)15-21-11-13-22(14-12-21)18-9-7-17(20)8-10-18/h2-10,19H,11-15H2,1H3/t19-/m1/s1. The third kappa shape index (κ3) is 4.09. The summed E-state index contributed by atoms with van der Waals surface area (Å²) in [6.45, 7) is 4.79. The maximum absolute atomic E-state index is 13.0. The predicted octanol–water partition coefficient (Wildman–Crippen LogP) is 3.34. The van der Waals surface area contributed by atoms with Crippen molar-refractivity contribution >= 4 is 5.69 Å². The molecule has 0 saturated carbocycles. The molecule has 1 aliphatic heterocycles. The van der Waals surface area contributed by atoms with Crippen LogP contribution in [0.3, 0.4) is 0 Å². The summed E-state index contributed by atoms with van der Waals surface area (Å²) >= 11 is 0. The first-order valence-electron chi connectivity index (χ1n) is 8.07. The molecule has 2 aromatic rings. The van der Waals surface area contributed by atoms with E-state index in [1.54, 1.807) is 7.11 Å². The molecule has 122 valence electrons. The highest BCUT2D eigenvalue weighted by atomic mass is 19.1. The van der Waals surface area contributed by atoms with Crippen LogP contribution in [0, 0.1) is 5.82 Å². The average molecular weight is 314 g/mol. The molecule has 1 aliphatic rings. The molecule has 1 heterocycles. The second kappa shape index (κ2) is 7.57. The van der Waals surface area contributed by atoms with Crippen LogP contribution in [0.1, 0.15) is 11.7 Å². The van der Waals surface area contributed by atoms with E-state index in [2.05, 4.69) is 21.9 Å². The number of nitrogens with zero attached hydrogens (tertiary/aromatic N) is 2. The summed E-state index contributed by atoms with van der Waals surface area (Å²) in [6, 6.07) is 17.1. The Labute approximate surface area is 137 Å². The van der Waals surface area contributed by atoms with Gasteiger partial charge in [-0.2, -0.15) is 0 Å². The van der Waals surface area contributed by atoms with Gasteiger partial charge in [0.15, 0.2) is 0 Å². The Morgan fingerprint density at radius 1 is 0.957 bits per heavy atom. The molecule has 0 amide bonds. The van der Waals surface area contributed by atoms with E-state index in [0.29, 0.717) is 0 Å². The van der Waals surface area contributed by atoms with E-state index in [-0.39, 0.29) is 11.9 Å². The van der Waals surface area contributed by atoms with Crippen molar-refractivity contribution in [1.82, 2.24) is 4.90 Å². The fraction of sp³-hybridized carbons (Fsp3) is 0.368. The zero-order valence-corrected chi connectivity index (χ0v) is 13.5. The number of hydrogen-bond acceptors (Lipinski definition) is 3. The Bertz CT molecular complexity index is 595. The Morgan fingerprint density at radius 3 is 2.22 bits per heavy atom. The number of benzene rings is 2. The molecule has 1 atom stereocenters. The van der Waals surface area contributed by atoms with Gasteiger partial charge in [0.2, 0.25) is 0 Å². The predicted molar refractivity (Wildman–Crippen MR) is 91.2 cm³/mol. The minimum absolute atomic E-state index is 0.105. The number of anilines is 1. The molecule has 2 aromatic carbocycles. The van der Waals surface area contributed by atoms with Crippen molar-refractivity contribution in [3.63, 3.8) is 0 Å². The van der Waals surface area contributed by atoms with Crippen molar-refractivity contribution in [2.24, 2.45) is 0 Å². The van der Waals surface area contributed by atoms with Crippen LogP contribution in [-0.2, 0) is 4.74 Å². The van der Waals surface area contributed by atoms with Crippen molar-refractivity contribution in [3.8, 4) is 0 Å². The van der Waals surface area contributed by atoms with Crippen LogP contribution in [0.15, 0.2) is 54.6 Å². The highest BCUT2D eigenvalue weighted by Gasteiger charge is 2.21. The first-order chi connectivity index (χ1) is 11.3. The smallest absolute Gasteiger partial charge is 0.123 e. The largest absolute Gasteiger partial charge is 0.375 e. The summed E-state index contributed by atoms with van der Waals surface area (Å²) in [5, 5.41) is 0. The van der Waals surface area contributed by atoms with E-state index in [1.165, 1.54) is 17.7 Å². The number of piperazine rings is 1. The molecule has 3 nitrogen and oxygen atoms in total. The molecule has 1 saturated heterocycles. The number of ether oxygens (including phenoxy) is 1. The highest BCUT2D eigenvalue weighted by Crippen LogP contribution is 2.21. The van der Waals surface area contributed by atoms with Crippen LogP contribution in [0.4, 0.5) is 10.1 Å². The second-order valence-corrected chi connectivity index (χ2v) is 5.90. The van der Waals surface area contributed by atoms with Gasteiger partial charge in [0.05, 0.1) is 6.10 Å². The van der Waals surface area contributed by atoms with Gasteiger partial charge in [-0.05, 0) is 29.8 Å². The highest BCUT2D eigenvalue weighted by molar-refractivity contribution is 5.46. The molecule has 4 heteroatoms. The van der Waals surface area contributed by atoms with Crippen molar-refractivity contribution in [2.75, 3.05) is 44.7 Å². The molecule has 0 aromatic heterocycles. The van der Waals surface area contributed by atoms with Crippen LogP contribution >= 0.6 is 0 Å². The zero-order valence-electron chi connectivity index (χ0n) is 13.5. The Hall–Kier alpha value is -1.91. The van der Waals surface area contributed by atoms with Crippen LogP contribution in [0.25, 0.3) is 0 Å². The molecule has 0 aliphatic carbocycles. The van der Waals surface area contributed by atoms with Crippen molar-refractivity contribution < 1.29 is 9.13 Å². The van der Waals surface area contributed by atoms with E-state index in [4.69, 9.17) is 4.74 Å². The summed E-state index contributed by atoms with van der Waals surface area (Å²) in [5.41, 5.74) is 2.31. The Morgan fingerprint density at radius 2 is 1.61 bits per heavy atom. The molecule has 0 unspecified atom stereocenters. The lowest BCUT2D eigenvalue weighted by Crippen LogP contribution is -2.47. The second-order valence-electron chi connectivity index (χ2n) is 5.90. The summed E-state index contributed by atoms with van der Waals surface area (Å²) in [7, 11) is 1.77. The van der Waals surface area contributed by atoms with Gasteiger partial charge in [-0.3, -0.25) is 4.90 Å². The van der Waals surface area contributed by atoms with Crippen molar-refractivity contribution in [1.29, 1.82) is 0 Å². The lowest BCUT2D eigenvalue weighted by Gasteiger charge is -2.37. The van der Waals surface area contributed by atoms with Crippen LogP contribution in [-0.4, -0.2) is 44.7 Å². The first kappa shape index (κ1) is 16.0. The molecular weight excluding hydrogens is 291 g/mol. The first-order valence-corrected chi connectivity index (χ1v) is 8.07. The summed E-state index contributed by atoms with van der Waals surface area (Å²) < 4.78 is 18.7. The number of methoxy groups -OCH3 is 1. The van der Waals surface area contributed by atoms with Crippen LogP contribution in [0.5, 0.6) is 0 Å². The van der Waals surface area contributed by atoms with E-state index in [0.717, 1.165) is 38.4 Å². The Kier molecular flexibility index (Phi) is 5.26. The minimum Gasteiger partial charge on any atom is -0.375 e. The third-order valence-electron chi connectivity index (χ3n) is 4.44. The molecule has 1 fully saturated rings. The van der Waals surface area contributed by atoms with E-state index in [1.807, 2.05) is 30.3 Å². The molecule has 3 rings (SSSR count). The Balaban J connectivity index is 1.55. The monoisotopic (exact) mass is 314 g/mol. The van der Waals surface area contributed by atoms with Gasteiger partial charge in [0.1, 0.15) is 5.82 Å². The summed E-state index contributed by atoms with van der Waals surface area (Å²) in [4.78, 5) is 4.74. The van der Waals surface area contributed by atoms with E-state index >= 15 is 0 Å². The number of halogens is 1. The minimum atomic E-state index is -0.182. The summed E-state index contributed by atoms with van der Waals surface area (Å²) in [6.07, 6.45) is 0.105. The molecule has 0 spiro atoms. The van der Waals surface area contributed by atoms with Crippen molar-refractivity contribution in [3.05, 3.63) is 66.0 Å². The zero-order chi connectivity index (χ0) is 16.1. The summed E-state index contributed by atoms with van der Waals surface area (Å²) in [5.74, 6) is -0.182. The number of hydrogen-bond donors (Lipinski definition) is 0. The van der Waals surface area contributed by atoms with Gasteiger partial charge in [0.25, 0.3) is 0 Å². The van der Waals surface area contributed by atoms with Crippen molar-refractivity contribution in [2.45, 2.75) is 6.10 Å². The maximum atomic E-state index is 13.0. The maximum Gasteiger partial charge on any atom is 0.123 e. The molecule has 0 N–H and O–H groups in total. The van der Waals surface area contributed by atoms with Crippen LogP contribution in [0.2, 0.25) is 0 Å². The normalized spacial score (nSPS) is 17.2. The molecule has 0 bridgehead atoms. The number of rotatable bonds is 5. The molecule has 23 heavy (non-hydrogen) atoms. The molecule has 0 radical (unpaired) electrons. The average Bonchev–Trinajstić information content (AvgIpc) is 2.62. The molecular formula is C19H23FN2O. The fourth-order valence-electron chi connectivity index (χ4n) is 3.06. The quantitative estimate of drug-likeness (QED) is 0.842. The van der Waals surface area contributed by atoms with Gasteiger partial charge in [-0.25, -0.2) is 4.39 Å². The third-order valence-corrected chi connectivity index (χ3v) is 4.44. The van der Waals surface area contributed by atoms with Gasteiger partial charge in [0, 0.05) is 45.5 Å². The van der Waals surface area contributed by atoms with Crippen LogP contribution < -0.4 is 4.90 Å². The fourth-order valence-corrected chi connectivity index (χ4v) is 3.06. The lowest BCUT2D eigenvalue weighted by molar-refractivity contribution is 0.0615. The SMILES string of the molecule is CO[C@H](CN1CCN(c2ccc(F)cc2)CC1)c1ccccc1.